The molecule has 1 N–H and O–H groups in total. The maximum atomic E-state index is 14.7. The van der Waals surface area contributed by atoms with Crippen molar-refractivity contribution in [1.29, 1.82) is 0 Å². The van der Waals surface area contributed by atoms with E-state index in [9.17, 15) is 8.78 Å². The van der Waals surface area contributed by atoms with Crippen molar-refractivity contribution < 1.29 is 13.5 Å². The van der Waals surface area contributed by atoms with Gasteiger partial charge in [-0.25, -0.2) is 13.8 Å². The van der Waals surface area contributed by atoms with Gasteiger partial charge in [0.25, 0.3) is 5.78 Å². The summed E-state index contributed by atoms with van der Waals surface area (Å²) < 4.78 is 35.4. The Bertz CT molecular complexity index is 954. The molecule has 0 radical (unpaired) electrons. The number of methoxy groups -OCH3 is 1. The van der Waals surface area contributed by atoms with Crippen molar-refractivity contribution in [2.24, 2.45) is 5.92 Å². The number of aryl methyl sites for hydroxylation is 1. The topological polar surface area (TPSA) is 64.3 Å². The Labute approximate surface area is 150 Å². The van der Waals surface area contributed by atoms with Crippen molar-refractivity contribution in [2.75, 3.05) is 12.4 Å². The van der Waals surface area contributed by atoms with E-state index in [1.54, 1.807) is 6.92 Å². The lowest BCUT2D eigenvalue weighted by molar-refractivity contribution is 0.383. The Balaban J connectivity index is 2.28. The summed E-state index contributed by atoms with van der Waals surface area (Å²) in [5.74, 6) is -0.178. The van der Waals surface area contributed by atoms with Crippen molar-refractivity contribution in [3.8, 4) is 16.9 Å². The van der Waals surface area contributed by atoms with Gasteiger partial charge in [0.1, 0.15) is 18.0 Å². The maximum Gasteiger partial charge on any atom is 0.254 e. The van der Waals surface area contributed by atoms with Crippen molar-refractivity contribution in [3.05, 3.63) is 35.8 Å². The van der Waals surface area contributed by atoms with Crippen LogP contribution in [0.2, 0.25) is 0 Å². The molecule has 0 bridgehead atoms. The van der Waals surface area contributed by atoms with Crippen LogP contribution in [0, 0.1) is 24.5 Å². The molecule has 138 valence electrons. The van der Waals surface area contributed by atoms with Crippen LogP contribution in [-0.4, -0.2) is 32.7 Å². The first-order valence-electron chi connectivity index (χ1n) is 8.33. The number of aromatic nitrogens is 4. The Kier molecular flexibility index (Phi) is 4.76. The molecule has 0 aliphatic rings. The predicted octanol–water partition coefficient (Wildman–Crippen LogP) is 3.84. The first kappa shape index (κ1) is 18.0. The molecule has 0 fully saturated rings. The summed E-state index contributed by atoms with van der Waals surface area (Å²) in [7, 11) is 1.29. The minimum absolute atomic E-state index is 0.0640. The highest BCUT2D eigenvalue weighted by molar-refractivity contribution is 5.79. The van der Waals surface area contributed by atoms with E-state index in [1.807, 2.05) is 6.92 Å². The van der Waals surface area contributed by atoms with Crippen LogP contribution in [0.3, 0.4) is 0 Å². The number of hydrogen-bond donors (Lipinski definition) is 1. The van der Waals surface area contributed by atoms with Gasteiger partial charge in [0.05, 0.1) is 12.8 Å². The van der Waals surface area contributed by atoms with Crippen LogP contribution >= 0.6 is 0 Å². The van der Waals surface area contributed by atoms with E-state index in [1.165, 1.54) is 18.0 Å². The first-order chi connectivity index (χ1) is 12.3. The van der Waals surface area contributed by atoms with Crippen molar-refractivity contribution in [3.63, 3.8) is 0 Å². The SMILES string of the molecule is COc1cc(F)c(-c2c(C)nc3ncnn3c2NC(C)C(C)C)cc1F. The highest BCUT2D eigenvalue weighted by atomic mass is 19.1. The molecule has 0 saturated carbocycles. The molecule has 0 saturated heterocycles. The van der Waals surface area contributed by atoms with Gasteiger partial charge < -0.3 is 10.1 Å². The molecule has 3 aromatic rings. The van der Waals surface area contributed by atoms with Crippen molar-refractivity contribution in [2.45, 2.75) is 33.7 Å². The summed E-state index contributed by atoms with van der Waals surface area (Å²) in [6.07, 6.45) is 1.38. The highest BCUT2D eigenvalue weighted by Gasteiger charge is 2.22. The third-order valence-corrected chi connectivity index (χ3v) is 4.48. The first-order valence-corrected chi connectivity index (χ1v) is 8.33. The van der Waals surface area contributed by atoms with E-state index in [0.29, 0.717) is 28.8 Å². The predicted molar refractivity (Wildman–Crippen MR) is 95.3 cm³/mol. The molecule has 8 heteroatoms. The van der Waals surface area contributed by atoms with E-state index in [-0.39, 0.29) is 17.4 Å². The van der Waals surface area contributed by atoms with Crippen LogP contribution in [0.5, 0.6) is 5.75 Å². The number of nitrogens with one attached hydrogen (secondary N) is 1. The van der Waals surface area contributed by atoms with Gasteiger partial charge in [0.15, 0.2) is 11.6 Å². The second-order valence-electron chi connectivity index (χ2n) is 6.54. The molecular weight excluding hydrogens is 340 g/mol. The number of benzene rings is 1. The van der Waals surface area contributed by atoms with E-state index in [2.05, 4.69) is 34.2 Å². The van der Waals surface area contributed by atoms with Gasteiger partial charge in [-0.05, 0) is 25.8 Å². The lowest BCUT2D eigenvalue weighted by Crippen LogP contribution is -2.24. The van der Waals surface area contributed by atoms with Crippen LogP contribution in [0.4, 0.5) is 14.6 Å². The summed E-state index contributed by atoms with van der Waals surface area (Å²) in [6, 6.07) is 2.21. The standard InChI is InChI=1S/C18H21F2N5O/c1-9(2)10(3)23-17-16(11(4)24-18-21-8-22-25(17)18)12-6-14(20)15(26-5)7-13(12)19/h6-10,23H,1-5H3. The van der Waals surface area contributed by atoms with Crippen molar-refractivity contribution in [1.82, 2.24) is 19.6 Å². The quantitative estimate of drug-likeness (QED) is 0.748. The number of hydrogen-bond acceptors (Lipinski definition) is 5. The second-order valence-corrected chi connectivity index (χ2v) is 6.54. The van der Waals surface area contributed by atoms with E-state index in [4.69, 9.17) is 4.74 Å². The van der Waals surface area contributed by atoms with Gasteiger partial charge in [-0.3, -0.25) is 0 Å². The van der Waals surface area contributed by atoms with Crippen molar-refractivity contribution >= 4 is 11.6 Å². The van der Waals surface area contributed by atoms with Crippen LogP contribution in [0.15, 0.2) is 18.5 Å². The molecule has 3 rings (SSSR count). The average Bonchev–Trinajstić information content (AvgIpc) is 3.05. The molecule has 2 heterocycles. The Morgan fingerprint density at radius 3 is 2.54 bits per heavy atom. The molecule has 1 unspecified atom stereocenters. The summed E-state index contributed by atoms with van der Waals surface area (Å²) in [5.41, 5.74) is 1.05. The van der Waals surface area contributed by atoms with Gasteiger partial charge in [0.2, 0.25) is 0 Å². The van der Waals surface area contributed by atoms with Crippen LogP contribution < -0.4 is 10.1 Å². The summed E-state index contributed by atoms with van der Waals surface area (Å²) in [4.78, 5) is 8.47. The molecule has 0 spiro atoms. The zero-order valence-corrected chi connectivity index (χ0v) is 15.3. The van der Waals surface area contributed by atoms with Gasteiger partial charge >= 0.3 is 0 Å². The minimum Gasteiger partial charge on any atom is -0.494 e. The Morgan fingerprint density at radius 1 is 1.15 bits per heavy atom. The fourth-order valence-electron chi connectivity index (χ4n) is 2.67. The molecule has 6 nitrogen and oxygen atoms in total. The number of halogens is 2. The van der Waals surface area contributed by atoms with E-state index >= 15 is 0 Å². The molecule has 0 aliphatic carbocycles. The zero-order valence-electron chi connectivity index (χ0n) is 15.3. The van der Waals surface area contributed by atoms with E-state index in [0.717, 1.165) is 12.1 Å². The monoisotopic (exact) mass is 361 g/mol. The number of fused-ring (bicyclic) bond motifs is 1. The van der Waals surface area contributed by atoms with Crippen LogP contribution in [0.1, 0.15) is 26.5 Å². The number of rotatable bonds is 5. The van der Waals surface area contributed by atoms with Crippen LogP contribution in [0.25, 0.3) is 16.9 Å². The number of nitrogens with zero attached hydrogens (tertiary/aromatic N) is 4. The highest BCUT2D eigenvalue weighted by Crippen LogP contribution is 2.36. The van der Waals surface area contributed by atoms with Gasteiger partial charge in [-0.2, -0.15) is 14.6 Å². The second kappa shape index (κ2) is 6.86. The molecule has 2 aromatic heterocycles. The fraction of sp³-hybridized carbons (Fsp3) is 0.389. The lowest BCUT2D eigenvalue weighted by atomic mass is 10.0. The summed E-state index contributed by atoms with van der Waals surface area (Å²) in [5, 5.41) is 7.54. The molecule has 0 aliphatic heterocycles. The van der Waals surface area contributed by atoms with Gasteiger partial charge in [0, 0.05) is 23.2 Å². The molecule has 0 amide bonds. The normalized spacial score (nSPS) is 12.6. The number of anilines is 1. The molecule has 26 heavy (non-hydrogen) atoms. The third kappa shape index (κ3) is 3.07. The van der Waals surface area contributed by atoms with E-state index < -0.39 is 11.6 Å². The third-order valence-electron chi connectivity index (χ3n) is 4.48. The average molecular weight is 361 g/mol. The Hall–Kier alpha value is -2.77. The molecule has 1 aromatic carbocycles. The van der Waals surface area contributed by atoms with Gasteiger partial charge in [-0.1, -0.05) is 13.8 Å². The van der Waals surface area contributed by atoms with Gasteiger partial charge in [-0.15, -0.1) is 0 Å². The smallest absolute Gasteiger partial charge is 0.254 e. The minimum atomic E-state index is -0.648. The maximum absolute atomic E-state index is 14.7. The molecule has 1 atom stereocenters. The summed E-state index contributed by atoms with van der Waals surface area (Å²) in [6.45, 7) is 7.88. The zero-order chi connectivity index (χ0) is 19.0. The van der Waals surface area contributed by atoms with Crippen LogP contribution in [-0.2, 0) is 0 Å². The lowest BCUT2D eigenvalue weighted by Gasteiger charge is -2.22. The summed E-state index contributed by atoms with van der Waals surface area (Å²) >= 11 is 0. The fourth-order valence-corrected chi connectivity index (χ4v) is 2.67. The largest absolute Gasteiger partial charge is 0.494 e. The Morgan fingerprint density at radius 2 is 1.88 bits per heavy atom. The molecular formula is C18H21F2N5O. The number of ether oxygens (including phenoxy) is 1.